The molecule has 0 aromatic rings. The summed E-state index contributed by atoms with van der Waals surface area (Å²) in [7, 11) is 0. The molecule has 0 bridgehead atoms. The largest absolute Gasteiger partial charge is 0.466 e. The number of hydrogen-bond donors (Lipinski definition) is 6. The van der Waals surface area contributed by atoms with E-state index in [1.807, 2.05) is 19.1 Å². The van der Waals surface area contributed by atoms with E-state index < -0.39 is 49.5 Å². The molecule has 7 atom stereocenters. The van der Waals surface area contributed by atoms with E-state index in [2.05, 4.69) is 66.9 Å². The number of carbonyl (C=O) groups excluding carboxylic acids is 2. The van der Waals surface area contributed by atoms with Crippen molar-refractivity contribution in [3.63, 3.8) is 0 Å². The SMILES string of the molecule is C/C=C/CC/C=C/CC/C=C/C(O)C(COC1OC(CO)C(O)C(O)C1O)NC(=O)CCCCCCCCCCC/C=C\C/C=C\CCCCCCCCCCCOC(=O)CCCCCCCCC/C=C\CCCCCCCCC. The molecule has 1 amide bonds. The van der Waals surface area contributed by atoms with Gasteiger partial charge in [0.25, 0.3) is 0 Å². The van der Waals surface area contributed by atoms with Gasteiger partial charge >= 0.3 is 5.97 Å². The van der Waals surface area contributed by atoms with Crippen LogP contribution in [0, 0.1) is 0 Å². The Morgan fingerprint density at radius 3 is 1.39 bits per heavy atom. The van der Waals surface area contributed by atoms with E-state index in [4.69, 9.17) is 14.2 Å². The van der Waals surface area contributed by atoms with Gasteiger partial charge in [-0.2, -0.15) is 0 Å². The second kappa shape index (κ2) is 57.9. The van der Waals surface area contributed by atoms with Crippen LogP contribution in [0.25, 0.3) is 0 Å². The number of unbranched alkanes of at least 4 members (excludes halogenated alkanes) is 34. The summed E-state index contributed by atoms with van der Waals surface area (Å²) in [4.78, 5) is 25.1. The van der Waals surface area contributed by atoms with Gasteiger partial charge in [0.1, 0.15) is 24.4 Å². The predicted molar refractivity (Wildman–Crippen MR) is 333 cm³/mol. The first-order valence-electron chi connectivity index (χ1n) is 33.2. The summed E-state index contributed by atoms with van der Waals surface area (Å²) in [5.41, 5.74) is 0. The van der Waals surface area contributed by atoms with Gasteiger partial charge in [-0.05, 0) is 110 Å². The minimum absolute atomic E-state index is 0.00585. The van der Waals surface area contributed by atoms with E-state index in [9.17, 15) is 35.1 Å². The Morgan fingerprint density at radius 1 is 0.487 bits per heavy atom. The number of carbonyl (C=O) groups is 2. The van der Waals surface area contributed by atoms with Crippen molar-refractivity contribution in [1.29, 1.82) is 0 Å². The highest BCUT2D eigenvalue weighted by Gasteiger charge is 2.44. The first-order valence-corrected chi connectivity index (χ1v) is 33.2. The Bertz CT molecular complexity index is 1560. The molecule has 464 valence electrons. The Hall–Kier alpha value is -2.90. The van der Waals surface area contributed by atoms with Crippen molar-refractivity contribution in [2.45, 2.75) is 333 Å². The lowest BCUT2D eigenvalue weighted by molar-refractivity contribution is -0.302. The molecule has 6 N–H and O–H groups in total. The molecule has 0 aromatic heterocycles. The predicted octanol–water partition coefficient (Wildman–Crippen LogP) is 16.3. The molecule has 1 rings (SSSR count). The zero-order valence-electron chi connectivity index (χ0n) is 51.3. The summed E-state index contributed by atoms with van der Waals surface area (Å²) < 4.78 is 16.7. The summed E-state index contributed by atoms with van der Waals surface area (Å²) in [6.07, 6.45) is 67.7. The number of rotatable bonds is 57. The Kier molecular flexibility index (Phi) is 54.4. The van der Waals surface area contributed by atoms with Crippen LogP contribution in [0.4, 0.5) is 0 Å². The molecule has 0 aromatic carbocycles. The van der Waals surface area contributed by atoms with Crippen molar-refractivity contribution in [3.05, 3.63) is 72.9 Å². The molecule has 1 heterocycles. The second-order valence-corrected chi connectivity index (χ2v) is 22.8. The van der Waals surface area contributed by atoms with Gasteiger partial charge in [-0.1, -0.05) is 240 Å². The quantitative estimate of drug-likeness (QED) is 0.0195. The molecule has 1 fully saturated rings. The van der Waals surface area contributed by atoms with Crippen LogP contribution in [0.3, 0.4) is 0 Å². The first-order chi connectivity index (χ1) is 39.2. The molecule has 7 unspecified atom stereocenters. The van der Waals surface area contributed by atoms with Gasteiger partial charge in [-0.15, -0.1) is 0 Å². The Morgan fingerprint density at radius 2 is 0.900 bits per heavy atom. The summed E-state index contributed by atoms with van der Waals surface area (Å²) in [5.74, 6) is -0.212. The molecule has 11 heteroatoms. The topological polar surface area (TPSA) is 175 Å². The molecule has 1 aliphatic heterocycles. The molecule has 0 saturated carbocycles. The van der Waals surface area contributed by atoms with Crippen LogP contribution in [0.5, 0.6) is 0 Å². The number of aliphatic hydroxyl groups is 5. The maximum atomic E-state index is 13.0. The fourth-order valence-corrected chi connectivity index (χ4v) is 10.1. The molecule has 0 aliphatic carbocycles. The molecule has 1 saturated heterocycles. The van der Waals surface area contributed by atoms with Crippen LogP contribution in [0.15, 0.2) is 72.9 Å². The van der Waals surface area contributed by atoms with E-state index in [1.54, 1.807) is 6.08 Å². The molecule has 11 nitrogen and oxygen atoms in total. The van der Waals surface area contributed by atoms with E-state index >= 15 is 0 Å². The zero-order chi connectivity index (χ0) is 58.0. The number of allylic oxidation sites excluding steroid dienone is 11. The van der Waals surface area contributed by atoms with Gasteiger partial charge in [-0.3, -0.25) is 9.59 Å². The van der Waals surface area contributed by atoms with Crippen LogP contribution in [0.1, 0.15) is 290 Å². The van der Waals surface area contributed by atoms with Crippen LogP contribution < -0.4 is 5.32 Å². The third-order valence-corrected chi connectivity index (χ3v) is 15.3. The molecule has 0 radical (unpaired) electrons. The highest BCUT2D eigenvalue weighted by molar-refractivity contribution is 5.76. The third-order valence-electron chi connectivity index (χ3n) is 15.3. The van der Waals surface area contributed by atoms with Crippen LogP contribution >= 0.6 is 0 Å². The van der Waals surface area contributed by atoms with Gasteiger partial charge < -0.3 is 45.1 Å². The van der Waals surface area contributed by atoms with Crippen molar-refractivity contribution >= 4 is 11.9 Å². The first kappa shape index (κ1) is 75.1. The van der Waals surface area contributed by atoms with Crippen molar-refractivity contribution < 1.29 is 49.3 Å². The molecule has 80 heavy (non-hydrogen) atoms. The number of amides is 1. The summed E-state index contributed by atoms with van der Waals surface area (Å²) in [6.45, 7) is 4.08. The maximum absolute atomic E-state index is 13.0. The standard InChI is InChI=1S/C69H123NO10/c1-3-5-7-9-11-13-14-15-16-17-28-31-34-37-41-45-49-53-57-65(74)78-58-54-50-46-42-38-35-32-29-26-24-22-20-18-19-21-23-25-27-30-33-36-40-44-48-52-56-64(73)70-61(62(72)55-51-47-43-39-12-10-8-6-4-2)60-79-69-68(77)67(76)66(75)63(59-71)80-69/h4,6,12,16-17,19-22,39,51,55,61-63,66-69,71-72,75-77H,3,5,7-11,13-15,18,23-38,40-50,52-54,56-60H2,1-2H3,(H,70,73)/b6-4+,17-16-,21-19-,22-20-,39-12+,55-51+. The monoisotopic (exact) mass is 1130 g/mol. The summed E-state index contributed by atoms with van der Waals surface area (Å²) >= 11 is 0. The Balaban J connectivity index is 1.97. The van der Waals surface area contributed by atoms with Crippen molar-refractivity contribution in [1.82, 2.24) is 5.32 Å². The fourth-order valence-electron chi connectivity index (χ4n) is 10.1. The smallest absolute Gasteiger partial charge is 0.305 e. The lowest BCUT2D eigenvalue weighted by atomic mass is 9.99. The van der Waals surface area contributed by atoms with Crippen LogP contribution in [-0.2, 0) is 23.8 Å². The molecule has 0 spiro atoms. The molecular weight excluding hydrogens is 1000 g/mol. The van der Waals surface area contributed by atoms with Crippen molar-refractivity contribution in [3.8, 4) is 0 Å². The number of nitrogens with one attached hydrogen (secondary N) is 1. The minimum Gasteiger partial charge on any atom is -0.466 e. The average Bonchev–Trinajstić information content (AvgIpc) is 3.45. The summed E-state index contributed by atoms with van der Waals surface area (Å²) in [5, 5.41) is 54.2. The second-order valence-electron chi connectivity index (χ2n) is 22.8. The van der Waals surface area contributed by atoms with Gasteiger partial charge in [0.2, 0.25) is 5.91 Å². The molecular formula is C69H123NO10. The minimum atomic E-state index is -1.58. The van der Waals surface area contributed by atoms with Gasteiger partial charge in [0.15, 0.2) is 6.29 Å². The van der Waals surface area contributed by atoms with Crippen LogP contribution in [-0.4, -0.2) is 100 Å². The highest BCUT2D eigenvalue weighted by Crippen LogP contribution is 2.23. The van der Waals surface area contributed by atoms with Crippen molar-refractivity contribution in [2.24, 2.45) is 0 Å². The number of hydrogen-bond acceptors (Lipinski definition) is 10. The van der Waals surface area contributed by atoms with E-state index in [1.165, 1.54) is 173 Å². The van der Waals surface area contributed by atoms with E-state index in [0.29, 0.717) is 25.9 Å². The van der Waals surface area contributed by atoms with Gasteiger partial charge in [-0.25, -0.2) is 0 Å². The normalized spacial score (nSPS) is 18.8. The third kappa shape index (κ3) is 46.6. The van der Waals surface area contributed by atoms with Crippen molar-refractivity contribution in [2.75, 3.05) is 19.8 Å². The number of esters is 1. The number of ether oxygens (including phenoxy) is 3. The van der Waals surface area contributed by atoms with Gasteiger partial charge in [0, 0.05) is 12.8 Å². The fraction of sp³-hybridized carbons (Fsp3) is 0.797. The van der Waals surface area contributed by atoms with Gasteiger partial charge in [0.05, 0.1) is 32.0 Å². The Labute approximate surface area is 490 Å². The lowest BCUT2D eigenvalue weighted by Crippen LogP contribution is -2.60. The average molecular weight is 1130 g/mol. The summed E-state index contributed by atoms with van der Waals surface area (Å²) in [6, 6.07) is -0.840. The zero-order valence-corrected chi connectivity index (χ0v) is 51.3. The molecule has 1 aliphatic rings. The number of aliphatic hydroxyl groups excluding tert-OH is 5. The van der Waals surface area contributed by atoms with E-state index in [0.717, 1.165) is 83.5 Å². The maximum Gasteiger partial charge on any atom is 0.305 e. The lowest BCUT2D eigenvalue weighted by Gasteiger charge is -2.40. The van der Waals surface area contributed by atoms with E-state index in [-0.39, 0.29) is 18.5 Å². The highest BCUT2D eigenvalue weighted by atomic mass is 16.7. The van der Waals surface area contributed by atoms with Crippen LogP contribution in [0.2, 0.25) is 0 Å².